The Morgan fingerprint density at radius 2 is 1.80 bits per heavy atom. The Morgan fingerprint density at radius 1 is 1.10 bits per heavy atom. The lowest BCUT2D eigenvalue weighted by Crippen LogP contribution is -2.13. The van der Waals surface area contributed by atoms with Crippen molar-refractivity contribution in [1.29, 1.82) is 5.26 Å². The minimum atomic E-state index is -0.740. The van der Waals surface area contributed by atoms with Crippen LogP contribution in [0.1, 0.15) is 38.5 Å². The Kier molecular flexibility index (Phi) is 4.00. The molecule has 1 atom stereocenters. The van der Waals surface area contributed by atoms with Gasteiger partial charge in [-0.15, -0.1) is 0 Å². The second-order valence-electron chi connectivity index (χ2n) is 5.09. The fourth-order valence-electron chi connectivity index (χ4n) is 2.31. The molecule has 20 heavy (non-hydrogen) atoms. The van der Waals surface area contributed by atoms with Gasteiger partial charge in [-0.05, 0) is 37.5 Å². The Balaban J connectivity index is 2.45. The van der Waals surface area contributed by atoms with E-state index >= 15 is 0 Å². The van der Waals surface area contributed by atoms with Crippen molar-refractivity contribution in [3.63, 3.8) is 0 Å². The first-order chi connectivity index (χ1) is 9.54. The number of rotatable bonds is 3. The maximum absolute atomic E-state index is 12.6. The van der Waals surface area contributed by atoms with E-state index in [0.717, 1.165) is 22.3 Å². The summed E-state index contributed by atoms with van der Waals surface area (Å²) in [5.74, 6) is -0.866. The number of hydrogen-bond donors (Lipinski definition) is 0. The monoisotopic (exact) mass is 263 g/mol. The number of nitrogens with zero attached hydrogens (tertiary/aromatic N) is 1. The summed E-state index contributed by atoms with van der Waals surface area (Å²) in [6.45, 7) is 5.85. The number of aryl methyl sites for hydroxylation is 2. The molecule has 0 aliphatic rings. The number of hydrogen-bond acceptors (Lipinski definition) is 2. The molecular formula is C18H17NO. The van der Waals surface area contributed by atoms with Gasteiger partial charge in [-0.2, -0.15) is 5.26 Å². The third kappa shape index (κ3) is 2.62. The van der Waals surface area contributed by atoms with E-state index in [4.69, 9.17) is 0 Å². The van der Waals surface area contributed by atoms with Gasteiger partial charge in [0, 0.05) is 5.56 Å². The van der Waals surface area contributed by atoms with E-state index in [1.54, 1.807) is 6.07 Å². The quantitative estimate of drug-likeness (QED) is 0.782. The number of nitriles is 1. The van der Waals surface area contributed by atoms with Crippen LogP contribution in [-0.4, -0.2) is 5.78 Å². The average molecular weight is 263 g/mol. The van der Waals surface area contributed by atoms with Crippen LogP contribution in [0.5, 0.6) is 0 Å². The standard InChI is InChI=1S/C18H17NO/c1-12-6-4-8-15(10-12)17(11-19)18(20)16-9-5-7-13(2)14(16)3/h4-10,17H,1-3H3. The summed E-state index contributed by atoms with van der Waals surface area (Å²) in [5.41, 5.74) is 4.47. The molecule has 2 heteroatoms. The van der Waals surface area contributed by atoms with Crippen molar-refractivity contribution in [2.45, 2.75) is 26.7 Å². The van der Waals surface area contributed by atoms with Crippen molar-refractivity contribution in [2.24, 2.45) is 0 Å². The number of Topliss-reactive ketones (excluding diaryl/α,β-unsaturated/α-hetero) is 1. The lowest BCUT2D eigenvalue weighted by Gasteiger charge is -2.12. The molecule has 0 bridgehead atoms. The average Bonchev–Trinajstić information content (AvgIpc) is 2.42. The lowest BCUT2D eigenvalue weighted by atomic mass is 9.88. The molecule has 2 aromatic carbocycles. The zero-order valence-corrected chi connectivity index (χ0v) is 12.0. The van der Waals surface area contributed by atoms with Gasteiger partial charge in [0.15, 0.2) is 5.78 Å². The van der Waals surface area contributed by atoms with Crippen LogP contribution in [0.4, 0.5) is 0 Å². The zero-order valence-electron chi connectivity index (χ0n) is 12.0. The molecule has 2 rings (SSSR count). The van der Waals surface area contributed by atoms with Crippen LogP contribution < -0.4 is 0 Å². The Labute approximate surface area is 119 Å². The summed E-state index contributed by atoms with van der Waals surface area (Å²) < 4.78 is 0. The smallest absolute Gasteiger partial charge is 0.184 e. The highest BCUT2D eigenvalue weighted by Crippen LogP contribution is 2.24. The first-order valence-corrected chi connectivity index (χ1v) is 6.61. The van der Waals surface area contributed by atoms with E-state index in [2.05, 4.69) is 6.07 Å². The molecule has 0 fully saturated rings. The predicted octanol–water partition coefficient (Wildman–Crippen LogP) is 4.10. The molecule has 0 radical (unpaired) electrons. The number of benzene rings is 2. The molecule has 0 amide bonds. The van der Waals surface area contributed by atoms with Gasteiger partial charge in [0.2, 0.25) is 0 Å². The Morgan fingerprint density at radius 3 is 2.45 bits per heavy atom. The van der Waals surface area contributed by atoms with Crippen molar-refractivity contribution in [1.82, 2.24) is 0 Å². The number of ketones is 1. The van der Waals surface area contributed by atoms with Crippen molar-refractivity contribution in [3.05, 3.63) is 70.3 Å². The predicted molar refractivity (Wildman–Crippen MR) is 79.8 cm³/mol. The highest BCUT2D eigenvalue weighted by molar-refractivity contribution is 6.04. The SMILES string of the molecule is Cc1cccc(C(C#N)C(=O)c2cccc(C)c2C)c1. The fraction of sp³-hybridized carbons (Fsp3) is 0.222. The van der Waals surface area contributed by atoms with Crippen LogP contribution in [-0.2, 0) is 0 Å². The maximum Gasteiger partial charge on any atom is 0.184 e. The molecule has 0 saturated carbocycles. The molecule has 2 nitrogen and oxygen atoms in total. The summed E-state index contributed by atoms with van der Waals surface area (Å²) >= 11 is 0. The molecule has 0 heterocycles. The summed E-state index contributed by atoms with van der Waals surface area (Å²) in [4.78, 5) is 12.6. The number of carbonyl (C=O) groups is 1. The molecule has 0 aromatic heterocycles. The molecule has 2 aromatic rings. The van der Waals surface area contributed by atoms with E-state index in [0.29, 0.717) is 5.56 Å². The highest BCUT2D eigenvalue weighted by atomic mass is 16.1. The molecule has 0 aliphatic carbocycles. The topological polar surface area (TPSA) is 40.9 Å². The summed E-state index contributed by atoms with van der Waals surface area (Å²) in [6.07, 6.45) is 0. The van der Waals surface area contributed by atoms with Gasteiger partial charge in [-0.25, -0.2) is 0 Å². The van der Waals surface area contributed by atoms with Gasteiger partial charge in [-0.3, -0.25) is 4.79 Å². The fourth-order valence-corrected chi connectivity index (χ4v) is 2.31. The van der Waals surface area contributed by atoms with E-state index in [9.17, 15) is 10.1 Å². The summed E-state index contributed by atoms with van der Waals surface area (Å²) in [6, 6.07) is 15.3. The van der Waals surface area contributed by atoms with Crippen LogP contribution in [0.2, 0.25) is 0 Å². The highest BCUT2D eigenvalue weighted by Gasteiger charge is 2.23. The molecular weight excluding hydrogens is 246 g/mol. The second-order valence-corrected chi connectivity index (χ2v) is 5.09. The number of carbonyl (C=O) groups excluding carboxylic acids is 1. The molecule has 1 unspecified atom stereocenters. The van der Waals surface area contributed by atoms with Crippen molar-refractivity contribution in [3.8, 4) is 6.07 Å². The largest absolute Gasteiger partial charge is 0.292 e. The van der Waals surface area contributed by atoms with Crippen LogP contribution in [0.3, 0.4) is 0 Å². The van der Waals surface area contributed by atoms with Gasteiger partial charge in [0.05, 0.1) is 6.07 Å². The minimum Gasteiger partial charge on any atom is -0.292 e. The van der Waals surface area contributed by atoms with E-state index in [1.165, 1.54) is 0 Å². The van der Waals surface area contributed by atoms with E-state index in [-0.39, 0.29) is 5.78 Å². The van der Waals surface area contributed by atoms with Gasteiger partial charge in [-0.1, -0.05) is 48.0 Å². The molecule has 100 valence electrons. The molecule has 0 saturated heterocycles. The lowest BCUT2D eigenvalue weighted by molar-refractivity contribution is 0.0978. The van der Waals surface area contributed by atoms with E-state index < -0.39 is 5.92 Å². The normalized spacial score (nSPS) is 11.7. The third-order valence-corrected chi connectivity index (χ3v) is 3.64. The zero-order chi connectivity index (χ0) is 14.7. The molecule has 0 spiro atoms. The first-order valence-electron chi connectivity index (χ1n) is 6.61. The first kappa shape index (κ1) is 14.0. The molecule has 0 aliphatic heterocycles. The van der Waals surface area contributed by atoms with Crippen molar-refractivity contribution < 1.29 is 4.79 Å². The van der Waals surface area contributed by atoms with Gasteiger partial charge in [0.25, 0.3) is 0 Å². The van der Waals surface area contributed by atoms with Crippen LogP contribution in [0, 0.1) is 32.1 Å². The van der Waals surface area contributed by atoms with Crippen LogP contribution >= 0.6 is 0 Å². The van der Waals surface area contributed by atoms with E-state index in [1.807, 2.05) is 57.2 Å². The van der Waals surface area contributed by atoms with Crippen molar-refractivity contribution >= 4 is 5.78 Å². The minimum absolute atomic E-state index is 0.126. The maximum atomic E-state index is 12.6. The van der Waals surface area contributed by atoms with Crippen LogP contribution in [0.25, 0.3) is 0 Å². The Bertz CT molecular complexity index is 695. The van der Waals surface area contributed by atoms with Crippen LogP contribution in [0.15, 0.2) is 42.5 Å². The van der Waals surface area contributed by atoms with Gasteiger partial charge >= 0.3 is 0 Å². The summed E-state index contributed by atoms with van der Waals surface area (Å²) in [5, 5.41) is 9.39. The summed E-state index contributed by atoms with van der Waals surface area (Å²) in [7, 11) is 0. The van der Waals surface area contributed by atoms with Gasteiger partial charge < -0.3 is 0 Å². The Hall–Kier alpha value is -2.40. The third-order valence-electron chi connectivity index (χ3n) is 3.64. The van der Waals surface area contributed by atoms with Crippen molar-refractivity contribution in [2.75, 3.05) is 0 Å². The second kappa shape index (κ2) is 5.71. The van der Waals surface area contributed by atoms with Gasteiger partial charge in [0.1, 0.15) is 5.92 Å². The molecule has 0 N–H and O–H groups in total.